The van der Waals surface area contributed by atoms with E-state index >= 15 is 0 Å². The van der Waals surface area contributed by atoms with Crippen molar-refractivity contribution in [3.05, 3.63) is 35.4 Å². The normalized spacial score (nSPS) is 16.5. The van der Waals surface area contributed by atoms with E-state index in [4.69, 9.17) is 5.11 Å². The number of carbonyl (C=O) groups is 3. The second-order valence-corrected chi connectivity index (χ2v) is 5.76. The Hall–Kier alpha value is -2.51. The molecule has 1 fully saturated rings. The van der Waals surface area contributed by atoms with Gasteiger partial charge in [-0.3, -0.25) is 14.4 Å². The van der Waals surface area contributed by atoms with E-state index < -0.39 is 35.5 Å². The van der Waals surface area contributed by atoms with Crippen molar-refractivity contribution >= 4 is 17.8 Å². The number of carbonyl (C=O) groups excluding carboxylic acids is 2. The number of piperidine rings is 1. The highest BCUT2D eigenvalue weighted by molar-refractivity contribution is 5.94. The summed E-state index contributed by atoms with van der Waals surface area (Å²) in [7, 11) is 0. The smallest absolute Gasteiger partial charge is 0.325 e. The Morgan fingerprint density at radius 2 is 1.88 bits per heavy atom. The number of amides is 2. The van der Waals surface area contributed by atoms with Crippen LogP contribution in [0.2, 0.25) is 0 Å². The van der Waals surface area contributed by atoms with Crippen molar-refractivity contribution in [2.75, 3.05) is 13.1 Å². The van der Waals surface area contributed by atoms with Crippen LogP contribution in [0.25, 0.3) is 0 Å². The molecule has 2 rings (SSSR count). The first-order valence-corrected chi connectivity index (χ1v) is 7.57. The molecule has 1 saturated heterocycles. The van der Waals surface area contributed by atoms with E-state index in [1.54, 1.807) is 0 Å². The van der Waals surface area contributed by atoms with Crippen LogP contribution in [0, 0.1) is 17.6 Å². The molecule has 1 aromatic rings. The number of hydrogen-bond donors (Lipinski definition) is 2. The maximum absolute atomic E-state index is 13.7. The predicted octanol–water partition coefficient (Wildman–Crippen LogP) is 1.41. The highest BCUT2D eigenvalue weighted by atomic mass is 19.1. The van der Waals surface area contributed by atoms with Gasteiger partial charge in [-0.05, 0) is 31.9 Å². The number of carboxylic acid groups (broad SMARTS) is 1. The lowest BCUT2D eigenvalue weighted by Gasteiger charge is -2.31. The molecular weight excluding hydrogens is 322 g/mol. The third-order valence-corrected chi connectivity index (χ3v) is 4.04. The average molecular weight is 340 g/mol. The number of likely N-dealkylation sites (tertiary alicyclic amines) is 1. The fraction of sp³-hybridized carbons (Fsp3) is 0.438. The average Bonchev–Trinajstić information content (AvgIpc) is 2.54. The molecule has 1 aliphatic heterocycles. The third-order valence-electron chi connectivity index (χ3n) is 4.04. The van der Waals surface area contributed by atoms with Crippen molar-refractivity contribution in [3.63, 3.8) is 0 Å². The number of nitrogens with one attached hydrogen (secondary N) is 1. The second-order valence-electron chi connectivity index (χ2n) is 5.76. The maximum atomic E-state index is 13.7. The molecule has 1 aromatic carbocycles. The molecule has 0 unspecified atom stereocenters. The zero-order chi connectivity index (χ0) is 17.9. The predicted molar refractivity (Wildman–Crippen MR) is 80.2 cm³/mol. The molecule has 24 heavy (non-hydrogen) atoms. The van der Waals surface area contributed by atoms with Crippen molar-refractivity contribution in [2.24, 2.45) is 5.92 Å². The first-order valence-electron chi connectivity index (χ1n) is 7.57. The van der Waals surface area contributed by atoms with Crippen LogP contribution in [-0.2, 0) is 9.59 Å². The summed E-state index contributed by atoms with van der Waals surface area (Å²) < 4.78 is 26.6. The molecule has 1 atom stereocenters. The van der Waals surface area contributed by atoms with Gasteiger partial charge >= 0.3 is 5.97 Å². The molecule has 2 amide bonds. The molecule has 0 bridgehead atoms. The Morgan fingerprint density at radius 3 is 2.42 bits per heavy atom. The Balaban J connectivity index is 1.93. The van der Waals surface area contributed by atoms with Gasteiger partial charge in [-0.1, -0.05) is 0 Å². The van der Waals surface area contributed by atoms with Gasteiger partial charge in [0, 0.05) is 25.1 Å². The molecule has 130 valence electrons. The van der Waals surface area contributed by atoms with Crippen LogP contribution in [-0.4, -0.2) is 46.9 Å². The van der Waals surface area contributed by atoms with Gasteiger partial charge < -0.3 is 15.3 Å². The molecule has 0 spiro atoms. The van der Waals surface area contributed by atoms with E-state index in [1.807, 2.05) is 0 Å². The molecular formula is C16H18F2N2O4. The monoisotopic (exact) mass is 340 g/mol. The van der Waals surface area contributed by atoms with Crippen molar-refractivity contribution < 1.29 is 28.3 Å². The largest absolute Gasteiger partial charge is 0.480 e. The van der Waals surface area contributed by atoms with E-state index in [0.29, 0.717) is 18.9 Å². The van der Waals surface area contributed by atoms with Gasteiger partial charge in [0.25, 0.3) is 5.91 Å². The van der Waals surface area contributed by atoms with Crippen LogP contribution in [0.1, 0.15) is 30.1 Å². The van der Waals surface area contributed by atoms with Gasteiger partial charge in [-0.15, -0.1) is 0 Å². The Morgan fingerprint density at radius 1 is 1.25 bits per heavy atom. The first-order chi connectivity index (χ1) is 11.3. The fourth-order valence-electron chi connectivity index (χ4n) is 2.57. The summed E-state index contributed by atoms with van der Waals surface area (Å²) in [5.74, 6) is -4.12. The molecule has 1 heterocycles. The second kappa shape index (κ2) is 7.37. The summed E-state index contributed by atoms with van der Waals surface area (Å²) in [6, 6.07) is 1.79. The zero-order valence-electron chi connectivity index (χ0n) is 13.1. The minimum Gasteiger partial charge on any atom is -0.480 e. The molecule has 6 nitrogen and oxygen atoms in total. The summed E-state index contributed by atoms with van der Waals surface area (Å²) in [4.78, 5) is 36.4. The fourth-order valence-corrected chi connectivity index (χ4v) is 2.57. The van der Waals surface area contributed by atoms with Crippen LogP contribution in [0.15, 0.2) is 18.2 Å². The molecule has 0 aromatic heterocycles. The Labute approximate surface area is 137 Å². The van der Waals surface area contributed by atoms with Gasteiger partial charge in [0.05, 0.1) is 5.56 Å². The molecule has 0 saturated carbocycles. The lowest BCUT2D eigenvalue weighted by molar-refractivity contribution is -0.142. The van der Waals surface area contributed by atoms with Crippen LogP contribution >= 0.6 is 0 Å². The lowest BCUT2D eigenvalue weighted by atomic mass is 9.95. The number of hydrogen-bond acceptors (Lipinski definition) is 3. The highest BCUT2D eigenvalue weighted by Crippen LogP contribution is 2.21. The van der Waals surface area contributed by atoms with Gasteiger partial charge in [-0.25, -0.2) is 8.78 Å². The van der Waals surface area contributed by atoms with Crippen LogP contribution < -0.4 is 5.32 Å². The summed E-state index contributed by atoms with van der Waals surface area (Å²) in [5, 5.41) is 11.2. The minimum atomic E-state index is -1.12. The first kappa shape index (κ1) is 17.8. The molecule has 1 aliphatic rings. The van der Waals surface area contributed by atoms with Crippen molar-refractivity contribution in [2.45, 2.75) is 25.8 Å². The maximum Gasteiger partial charge on any atom is 0.325 e. The van der Waals surface area contributed by atoms with E-state index in [1.165, 1.54) is 11.8 Å². The van der Waals surface area contributed by atoms with Crippen LogP contribution in [0.3, 0.4) is 0 Å². The number of aliphatic carboxylic acids is 1. The Kier molecular flexibility index (Phi) is 5.48. The Bertz CT molecular complexity index is 657. The van der Waals surface area contributed by atoms with Gasteiger partial charge in [0.15, 0.2) is 0 Å². The topological polar surface area (TPSA) is 86.7 Å². The number of halogens is 2. The molecule has 0 aliphatic carbocycles. The number of rotatable bonds is 4. The summed E-state index contributed by atoms with van der Waals surface area (Å²) >= 11 is 0. The van der Waals surface area contributed by atoms with E-state index in [0.717, 1.165) is 12.1 Å². The number of nitrogens with zero attached hydrogens (tertiary/aromatic N) is 1. The van der Waals surface area contributed by atoms with Crippen molar-refractivity contribution in [3.8, 4) is 0 Å². The van der Waals surface area contributed by atoms with Gasteiger partial charge in [0.2, 0.25) is 5.91 Å². The molecule has 2 N–H and O–H groups in total. The van der Waals surface area contributed by atoms with E-state index in [9.17, 15) is 23.2 Å². The van der Waals surface area contributed by atoms with Crippen molar-refractivity contribution in [1.82, 2.24) is 10.2 Å². The molecule has 0 radical (unpaired) electrons. The number of benzene rings is 1. The van der Waals surface area contributed by atoms with Crippen molar-refractivity contribution in [1.29, 1.82) is 0 Å². The zero-order valence-corrected chi connectivity index (χ0v) is 13.1. The van der Waals surface area contributed by atoms with E-state index in [-0.39, 0.29) is 24.6 Å². The number of carboxylic acids is 1. The summed E-state index contributed by atoms with van der Waals surface area (Å²) in [6.45, 7) is 1.86. The van der Waals surface area contributed by atoms with Gasteiger partial charge in [-0.2, -0.15) is 0 Å². The summed E-state index contributed by atoms with van der Waals surface area (Å²) in [5.41, 5.74) is -0.209. The quantitative estimate of drug-likeness (QED) is 0.868. The van der Waals surface area contributed by atoms with Gasteiger partial charge in [0.1, 0.15) is 17.7 Å². The highest BCUT2D eigenvalue weighted by Gasteiger charge is 2.30. The van der Waals surface area contributed by atoms with E-state index in [2.05, 4.69) is 5.32 Å². The molecule has 8 heteroatoms. The SMILES string of the molecule is C[C@@H](NC(=O)C1CCN(C(=O)c2ccc(F)cc2F)CC1)C(=O)O. The van der Waals surface area contributed by atoms with Crippen LogP contribution in [0.4, 0.5) is 8.78 Å². The lowest BCUT2D eigenvalue weighted by Crippen LogP contribution is -2.46. The third kappa shape index (κ3) is 4.06. The standard InChI is InChI=1S/C16H18F2N2O4/c1-9(16(23)24)19-14(21)10-4-6-20(7-5-10)15(22)12-3-2-11(17)8-13(12)18/h2-3,8-10H,4-7H2,1H3,(H,19,21)(H,23,24)/t9-/m1/s1. The minimum absolute atomic E-state index is 0.209. The summed E-state index contributed by atoms with van der Waals surface area (Å²) in [6.07, 6.45) is 0.708. The van der Waals surface area contributed by atoms with Crippen LogP contribution in [0.5, 0.6) is 0 Å².